The van der Waals surface area contributed by atoms with Gasteiger partial charge in [0.15, 0.2) is 5.78 Å². The Morgan fingerprint density at radius 3 is 2.75 bits per heavy atom. The lowest BCUT2D eigenvalue weighted by atomic mass is 9.94. The van der Waals surface area contributed by atoms with Gasteiger partial charge in [0, 0.05) is 5.92 Å². The van der Waals surface area contributed by atoms with Crippen molar-refractivity contribution >= 4 is 5.78 Å². The Balaban J connectivity index is 1.99. The third-order valence-electron chi connectivity index (χ3n) is 3.05. The van der Waals surface area contributed by atoms with Gasteiger partial charge in [-0.1, -0.05) is 13.0 Å². The van der Waals surface area contributed by atoms with E-state index in [1.165, 1.54) is 12.8 Å². The maximum Gasteiger partial charge on any atom is 0.161 e. The van der Waals surface area contributed by atoms with Gasteiger partial charge in [-0.05, 0) is 43.6 Å². The second-order valence-electron chi connectivity index (χ2n) is 4.16. The number of hydrogen-bond donors (Lipinski definition) is 0. The second kappa shape index (κ2) is 3.04. The van der Waals surface area contributed by atoms with E-state index < -0.39 is 0 Å². The zero-order chi connectivity index (χ0) is 8.55. The predicted octanol–water partition coefficient (Wildman–Crippen LogP) is 2.71. The lowest BCUT2D eigenvalue weighted by Crippen LogP contribution is -2.08. The number of hydrogen-bond acceptors (Lipinski definition) is 1. The fraction of sp³-hybridized carbons (Fsp3) is 0.727. The van der Waals surface area contributed by atoms with Crippen molar-refractivity contribution in [2.45, 2.75) is 39.0 Å². The van der Waals surface area contributed by atoms with Gasteiger partial charge >= 0.3 is 0 Å². The van der Waals surface area contributed by atoms with Crippen molar-refractivity contribution in [1.29, 1.82) is 0 Å². The zero-order valence-electron chi connectivity index (χ0n) is 7.68. The summed E-state index contributed by atoms with van der Waals surface area (Å²) >= 11 is 0. The van der Waals surface area contributed by atoms with Crippen LogP contribution in [-0.2, 0) is 4.79 Å². The first-order chi connectivity index (χ1) is 5.79. The molecular weight excluding hydrogens is 148 g/mol. The van der Waals surface area contributed by atoms with Crippen LogP contribution < -0.4 is 0 Å². The highest BCUT2D eigenvalue weighted by Crippen LogP contribution is 2.41. The smallest absolute Gasteiger partial charge is 0.161 e. The topological polar surface area (TPSA) is 17.1 Å². The monoisotopic (exact) mass is 164 g/mol. The SMILES string of the molecule is CC1CC1C(=O)C1=CCCCC1. The van der Waals surface area contributed by atoms with Crippen LogP contribution >= 0.6 is 0 Å². The zero-order valence-corrected chi connectivity index (χ0v) is 7.68. The van der Waals surface area contributed by atoms with E-state index in [-0.39, 0.29) is 0 Å². The Morgan fingerprint density at radius 1 is 1.50 bits per heavy atom. The summed E-state index contributed by atoms with van der Waals surface area (Å²) in [6.45, 7) is 2.17. The maximum absolute atomic E-state index is 11.7. The number of carbonyl (C=O) groups excluding carboxylic acids is 1. The highest BCUT2D eigenvalue weighted by Gasteiger charge is 2.39. The molecule has 1 fully saturated rings. The molecule has 1 nitrogen and oxygen atoms in total. The summed E-state index contributed by atoms with van der Waals surface area (Å²) in [6, 6.07) is 0. The lowest BCUT2D eigenvalue weighted by molar-refractivity contribution is -0.117. The average molecular weight is 164 g/mol. The summed E-state index contributed by atoms with van der Waals surface area (Å²) < 4.78 is 0. The standard InChI is InChI=1S/C11H16O/c1-8-7-10(8)11(12)9-5-3-2-4-6-9/h5,8,10H,2-4,6-7H2,1H3. The molecule has 1 saturated carbocycles. The first kappa shape index (κ1) is 8.03. The van der Waals surface area contributed by atoms with Gasteiger partial charge in [-0.25, -0.2) is 0 Å². The van der Waals surface area contributed by atoms with E-state index >= 15 is 0 Å². The molecule has 2 unspecified atom stereocenters. The number of carbonyl (C=O) groups is 1. The summed E-state index contributed by atoms with van der Waals surface area (Å²) in [4.78, 5) is 11.7. The maximum atomic E-state index is 11.7. The van der Waals surface area contributed by atoms with E-state index in [0.29, 0.717) is 17.6 Å². The van der Waals surface area contributed by atoms with Crippen molar-refractivity contribution < 1.29 is 4.79 Å². The van der Waals surface area contributed by atoms with Gasteiger partial charge in [-0.2, -0.15) is 0 Å². The summed E-state index contributed by atoms with van der Waals surface area (Å²) in [7, 11) is 0. The van der Waals surface area contributed by atoms with Crippen LogP contribution in [0.15, 0.2) is 11.6 Å². The molecule has 0 bridgehead atoms. The molecule has 2 aliphatic rings. The Bertz CT molecular complexity index is 227. The van der Waals surface area contributed by atoms with Crippen LogP contribution in [0.4, 0.5) is 0 Å². The van der Waals surface area contributed by atoms with E-state index in [1.807, 2.05) is 0 Å². The molecule has 0 amide bonds. The molecule has 0 N–H and O–H groups in total. The molecule has 0 saturated heterocycles. The van der Waals surface area contributed by atoms with E-state index in [9.17, 15) is 4.79 Å². The third kappa shape index (κ3) is 1.45. The van der Waals surface area contributed by atoms with E-state index in [4.69, 9.17) is 0 Å². The average Bonchev–Trinajstić information content (AvgIpc) is 2.83. The first-order valence-electron chi connectivity index (χ1n) is 5.02. The molecule has 2 rings (SSSR count). The van der Waals surface area contributed by atoms with Crippen molar-refractivity contribution in [1.82, 2.24) is 0 Å². The van der Waals surface area contributed by atoms with Crippen LogP contribution in [0.25, 0.3) is 0 Å². The van der Waals surface area contributed by atoms with Crippen LogP contribution in [0.1, 0.15) is 39.0 Å². The fourth-order valence-electron chi connectivity index (χ4n) is 1.99. The predicted molar refractivity (Wildman–Crippen MR) is 48.8 cm³/mol. The summed E-state index contributed by atoms with van der Waals surface area (Å²) in [5, 5.41) is 0. The summed E-state index contributed by atoms with van der Waals surface area (Å²) in [6.07, 6.45) is 7.97. The second-order valence-corrected chi connectivity index (χ2v) is 4.16. The van der Waals surface area contributed by atoms with Gasteiger partial charge in [-0.15, -0.1) is 0 Å². The van der Waals surface area contributed by atoms with Crippen molar-refractivity contribution in [2.75, 3.05) is 0 Å². The number of Topliss-reactive ketones (excluding diaryl/α,β-unsaturated/α-hetero) is 1. The van der Waals surface area contributed by atoms with Gasteiger partial charge in [0.25, 0.3) is 0 Å². The number of allylic oxidation sites excluding steroid dienone is 2. The van der Waals surface area contributed by atoms with Gasteiger partial charge < -0.3 is 0 Å². The van der Waals surface area contributed by atoms with Gasteiger partial charge in [0.1, 0.15) is 0 Å². The van der Waals surface area contributed by atoms with Crippen molar-refractivity contribution in [2.24, 2.45) is 11.8 Å². The lowest BCUT2D eigenvalue weighted by Gasteiger charge is -2.10. The van der Waals surface area contributed by atoms with Crippen molar-refractivity contribution in [3.05, 3.63) is 11.6 Å². The molecule has 1 heteroatoms. The van der Waals surface area contributed by atoms with Gasteiger partial charge in [0.2, 0.25) is 0 Å². The van der Waals surface area contributed by atoms with Crippen molar-refractivity contribution in [3.8, 4) is 0 Å². The molecule has 2 atom stereocenters. The highest BCUT2D eigenvalue weighted by molar-refractivity contribution is 5.98. The minimum atomic E-state index is 0.398. The molecule has 0 aliphatic heterocycles. The first-order valence-corrected chi connectivity index (χ1v) is 5.02. The molecule has 0 aromatic rings. The Labute approximate surface area is 73.8 Å². The molecular formula is C11H16O. The molecule has 0 aromatic carbocycles. The Kier molecular flexibility index (Phi) is 2.03. The largest absolute Gasteiger partial charge is 0.294 e. The van der Waals surface area contributed by atoms with E-state index in [0.717, 1.165) is 24.8 Å². The minimum Gasteiger partial charge on any atom is -0.294 e. The van der Waals surface area contributed by atoms with Crippen LogP contribution in [0.5, 0.6) is 0 Å². The van der Waals surface area contributed by atoms with Gasteiger partial charge in [-0.3, -0.25) is 4.79 Å². The van der Waals surface area contributed by atoms with E-state index in [1.54, 1.807) is 0 Å². The normalized spacial score (nSPS) is 34.2. The number of rotatable bonds is 2. The summed E-state index contributed by atoms with van der Waals surface area (Å²) in [5.41, 5.74) is 1.13. The molecule has 66 valence electrons. The quantitative estimate of drug-likeness (QED) is 0.613. The Morgan fingerprint density at radius 2 is 2.25 bits per heavy atom. The van der Waals surface area contributed by atoms with E-state index in [2.05, 4.69) is 13.0 Å². The molecule has 0 spiro atoms. The van der Waals surface area contributed by atoms with Crippen LogP contribution in [0.2, 0.25) is 0 Å². The van der Waals surface area contributed by atoms with Crippen LogP contribution in [0.3, 0.4) is 0 Å². The highest BCUT2D eigenvalue weighted by atomic mass is 16.1. The number of ketones is 1. The molecule has 0 radical (unpaired) electrons. The molecule has 12 heavy (non-hydrogen) atoms. The summed E-state index contributed by atoms with van der Waals surface area (Å²) in [5.74, 6) is 1.52. The Hall–Kier alpha value is -0.590. The molecule has 0 heterocycles. The molecule has 0 aromatic heterocycles. The fourth-order valence-corrected chi connectivity index (χ4v) is 1.99. The van der Waals surface area contributed by atoms with Crippen molar-refractivity contribution in [3.63, 3.8) is 0 Å². The van der Waals surface area contributed by atoms with Gasteiger partial charge in [0.05, 0.1) is 0 Å². The van der Waals surface area contributed by atoms with Crippen LogP contribution in [-0.4, -0.2) is 5.78 Å². The van der Waals surface area contributed by atoms with Crippen LogP contribution in [0, 0.1) is 11.8 Å². The molecule has 2 aliphatic carbocycles. The third-order valence-corrected chi connectivity index (χ3v) is 3.05. The minimum absolute atomic E-state index is 0.398.